The molecule has 0 radical (unpaired) electrons. The number of nitrogens with one attached hydrogen (secondary N) is 1. The molecule has 0 spiro atoms. The molecule has 1 N–H and O–H groups in total. The van der Waals surface area contributed by atoms with Crippen molar-refractivity contribution >= 4 is 5.91 Å². The van der Waals surface area contributed by atoms with E-state index >= 15 is 0 Å². The van der Waals surface area contributed by atoms with Crippen LogP contribution in [0.1, 0.15) is 16.7 Å². The van der Waals surface area contributed by atoms with Gasteiger partial charge in [0.2, 0.25) is 5.91 Å². The lowest BCUT2D eigenvalue weighted by Gasteiger charge is -2.18. The molecule has 0 bridgehead atoms. The Morgan fingerprint density at radius 1 is 1.21 bits per heavy atom. The van der Waals surface area contributed by atoms with Gasteiger partial charge in [-0.2, -0.15) is 0 Å². The topological polar surface area (TPSA) is 41.6 Å². The van der Waals surface area contributed by atoms with Crippen LogP contribution >= 0.6 is 0 Å². The number of carbonyl (C=O) groups excluding carboxylic acids is 1. The zero-order valence-electron chi connectivity index (χ0n) is 14.3. The highest BCUT2D eigenvalue weighted by Gasteiger charge is 2.10. The van der Waals surface area contributed by atoms with E-state index in [0.717, 1.165) is 22.4 Å². The Kier molecular flexibility index (Phi) is 6.32. The minimum Gasteiger partial charge on any atom is -0.496 e. The van der Waals surface area contributed by atoms with E-state index in [9.17, 15) is 9.18 Å². The first-order chi connectivity index (χ1) is 11.5. The van der Waals surface area contributed by atoms with E-state index in [1.165, 1.54) is 12.1 Å². The lowest BCUT2D eigenvalue weighted by atomic mass is 10.1. The molecule has 2 aromatic carbocycles. The minimum atomic E-state index is -0.281. The zero-order valence-corrected chi connectivity index (χ0v) is 14.3. The third-order valence-electron chi connectivity index (χ3n) is 3.69. The average molecular weight is 330 g/mol. The van der Waals surface area contributed by atoms with E-state index in [-0.39, 0.29) is 18.3 Å². The molecule has 2 rings (SSSR count). The second kappa shape index (κ2) is 8.45. The van der Waals surface area contributed by atoms with Gasteiger partial charge in [0.15, 0.2) is 0 Å². The van der Waals surface area contributed by atoms with Crippen molar-refractivity contribution in [1.29, 1.82) is 0 Å². The van der Waals surface area contributed by atoms with Gasteiger partial charge in [-0.05, 0) is 37.7 Å². The van der Waals surface area contributed by atoms with E-state index in [2.05, 4.69) is 11.4 Å². The number of rotatable bonds is 7. The molecule has 5 heteroatoms. The number of hydrogen-bond acceptors (Lipinski definition) is 3. The Balaban J connectivity index is 1.85. The SMILES string of the molecule is COc1ccc(C)cc1CN(C)CC(=O)NCc1ccc(F)cc1. The first-order valence-corrected chi connectivity index (χ1v) is 7.81. The molecule has 0 fully saturated rings. The van der Waals surface area contributed by atoms with Gasteiger partial charge in [-0.25, -0.2) is 4.39 Å². The van der Waals surface area contributed by atoms with Crippen LogP contribution in [0, 0.1) is 12.7 Å². The maximum Gasteiger partial charge on any atom is 0.234 e. The molecule has 24 heavy (non-hydrogen) atoms. The summed E-state index contributed by atoms with van der Waals surface area (Å²) in [6.07, 6.45) is 0. The fourth-order valence-corrected chi connectivity index (χ4v) is 2.48. The van der Waals surface area contributed by atoms with Gasteiger partial charge >= 0.3 is 0 Å². The largest absolute Gasteiger partial charge is 0.496 e. The summed E-state index contributed by atoms with van der Waals surface area (Å²) in [5.41, 5.74) is 3.07. The van der Waals surface area contributed by atoms with Crippen molar-refractivity contribution in [3.05, 3.63) is 65.0 Å². The molecule has 128 valence electrons. The number of amides is 1. The number of aryl methyl sites for hydroxylation is 1. The van der Waals surface area contributed by atoms with E-state index in [1.54, 1.807) is 19.2 Å². The van der Waals surface area contributed by atoms with Gasteiger partial charge in [0.05, 0.1) is 13.7 Å². The van der Waals surface area contributed by atoms with Crippen LogP contribution in [0.3, 0.4) is 0 Å². The first-order valence-electron chi connectivity index (χ1n) is 7.81. The minimum absolute atomic E-state index is 0.0755. The fraction of sp³-hybridized carbons (Fsp3) is 0.316. The molecule has 1 amide bonds. The van der Waals surface area contributed by atoms with Crippen molar-refractivity contribution in [3.63, 3.8) is 0 Å². The van der Waals surface area contributed by atoms with Crippen LogP contribution in [0.4, 0.5) is 4.39 Å². The van der Waals surface area contributed by atoms with E-state index in [1.807, 2.05) is 31.0 Å². The fourth-order valence-electron chi connectivity index (χ4n) is 2.48. The number of methoxy groups -OCH3 is 1. The van der Waals surface area contributed by atoms with Gasteiger partial charge < -0.3 is 10.1 Å². The molecule has 0 aliphatic carbocycles. The molecular weight excluding hydrogens is 307 g/mol. The molecule has 0 aliphatic rings. The van der Waals surface area contributed by atoms with Crippen molar-refractivity contribution < 1.29 is 13.9 Å². The van der Waals surface area contributed by atoms with Crippen LogP contribution in [0.25, 0.3) is 0 Å². The Hall–Kier alpha value is -2.40. The summed E-state index contributed by atoms with van der Waals surface area (Å²) in [5, 5.41) is 2.84. The summed E-state index contributed by atoms with van der Waals surface area (Å²) in [6, 6.07) is 12.1. The maximum atomic E-state index is 12.9. The molecule has 0 aromatic heterocycles. The lowest BCUT2D eigenvalue weighted by molar-refractivity contribution is -0.122. The van der Waals surface area contributed by atoms with Crippen molar-refractivity contribution in [3.8, 4) is 5.75 Å². The number of nitrogens with zero attached hydrogens (tertiary/aromatic N) is 1. The van der Waals surface area contributed by atoms with Gasteiger partial charge in [-0.15, -0.1) is 0 Å². The second-order valence-corrected chi connectivity index (χ2v) is 5.89. The number of likely N-dealkylation sites (N-methyl/N-ethyl adjacent to an activating group) is 1. The average Bonchev–Trinajstić information content (AvgIpc) is 2.54. The Labute approximate surface area is 142 Å². The maximum absolute atomic E-state index is 12.9. The van der Waals surface area contributed by atoms with E-state index in [0.29, 0.717) is 13.1 Å². The number of benzene rings is 2. The monoisotopic (exact) mass is 330 g/mol. The van der Waals surface area contributed by atoms with Crippen LogP contribution in [0.15, 0.2) is 42.5 Å². The Morgan fingerprint density at radius 2 is 1.92 bits per heavy atom. The number of hydrogen-bond donors (Lipinski definition) is 1. The van der Waals surface area contributed by atoms with Gasteiger partial charge in [0, 0.05) is 18.7 Å². The Bertz CT molecular complexity index is 686. The summed E-state index contributed by atoms with van der Waals surface area (Å²) in [7, 11) is 3.53. The van der Waals surface area contributed by atoms with Gasteiger partial charge in [-0.1, -0.05) is 29.8 Å². The summed E-state index contributed by atoms with van der Waals surface area (Å²) < 4.78 is 18.2. The number of halogens is 1. The van der Waals surface area contributed by atoms with Crippen molar-refractivity contribution in [2.45, 2.75) is 20.0 Å². The Morgan fingerprint density at radius 3 is 2.58 bits per heavy atom. The predicted octanol–water partition coefficient (Wildman–Crippen LogP) is 2.89. The zero-order chi connectivity index (χ0) is 17.5. The molecule has 2 aromatic rings. The standard InChI is InChI=1S/C19H23FN2O2/c1-14-4-9-18(24-3)16(10-14)12-22(2)13-19(23)21-11-15-5-7-17(20)8-6-15/h4-10H,11-13H2,1-3H3,(H,21,23). The van der Waals surface area contributed by atoms with Gasteiger partial charge in [-0.3, -0.25) is 9.69 Å². The quantitative estimate of drug-likeness (QED) is 0.849. The van der Waals surface area contributed by atoms with E-state index in [4.69, 9.17) is 4.74 Å². The highest BCUT2D eigenvalue weighted by Crippen LogP contribution is 2.20. The number of carbonyl (C=O) groups is 1. The summed E-state index contributed by atoms with van der Waals surface area (Å²) >= 11 is 0. The highest BCUT2D eigenvalue weighted by molar-refractivity contribution is 5.77. The molecule has 0 saturated carbocycles. The van der Waals surface area contributed by atoms with Gasteiger partial charge in [0.25, 0.3) is 0 Å². The normalized spacial score (nSPS) is 10.7. The van der Waals surface area contributed by atoms with Crippen LogP contribution < -0.4 is 10.1 Å². The third-order valence-corrected chi connectivity index (χ3v) is 3.69. The van der Waals surface area contributed by atoms with Crippen LogP contribution in [-0.2, 0) is 17.9 Å². The molecule has 0 atom stereocenters. The smallest absolute Gasteiger partial charge is 0.234 e. The molecular formula is C19H23FN2O2. The van der Waals surface area contributed by atoms with Crippen molar-refractivity contribution in [2.75, 3.05) is 20.7 Å². The molecule has 0 aliphatic heterocycles. The summed E-state index contributed by atoms with van der Waals surface area (Å²) in [4.78, 5) is 14.0. The van der Waals surface area contributed by atoms with E-state index < -0.39 is 0 Å². The van der Waals surface area contributed by atoms with Crippen molar-refractivity contribution in [1.82, 2.24) is 10.2 Å². The van der Waals surface area contributed by atoms with Gasteiger partial charge in [0.1, 0.15) is 11.6 Å². The summed E-state index contributed by atoms with van der Waals surface area (Å²) in [5.74, 6) is 0.463. The van der Waals surface area contributed by atoms with Crippen LogP contribution in [-0.4, -0.2) is 31.5 Å². The third kappa shape index (κ3) is 5.35. The second-order valence-electron chi connectivity index (χ2n) is 5.89. The summed E-state index contributed by atoms with van der Waals surface area (Å²) in [6.45, 7) is 3.31. The van der Waals surface area contributed by atoms with Crippen molar-refractivity contribution in [2.24, 2.45) is 0 Å². The molecule has 4 nitrogen and oxygen atoms in total. The number of ether oxygens (including phenoxy) is 1. The molecule has 0 heterocycles. The van der Waals surface area contributed by atoms with Crippen LogP contribution in [0.2, 0.25) is 0 Å². The highest BCUT2D eigenvalue weighted by atomic mass is 19.1. The molecule has 0 saturated heterocycles. The molecule has 0 unspecified atom stereocenters. The first kappa shape index (κ1) is 17.9. The van der Waals surface area contributed by atoms with Crippen LogP contribution in [0.5, 0.6) is 5.75 Å². The lowest BCUT2D eigenvalue weighted by Crippen LogP contribution is -2.34. The predicted molar refractivity (Wildman–Crippen MR) is 92.3 cm³/mol.